The molecule has 1 aliphatic rings. The molecule has 0 bridgehead atoms. The zero-order valence-electron chi connectivity index (χ0n) is 21.9. The number of anilines is 2. The molecule has 3 heterocycles. The van der Waals surface area contributed by atoms with Crippen molar-refractivity contribution in [1.82, 2.24) is 24.6 Å². The maximum absolute atomic E-state index is 9.25. The van der Waals surface area contributed by atoms with E-state index in [1.165, 1.54) is 0 Å². The summed E-state index contributed by atoms with van der Waals surface area (Å²) in [7, 11) is 5.21. The van der Waals surface area contributed by atoms with Crippen LogP contribution in [0, 0.1) is 17.2 Å². The smallest absolute Gasteiger partial charge is 0.124 e. The zero-order chi connectivity index (χ0) is 25.8. The van der Waals surface area contributed by atoms with Gasteiger partial charge in [0.2, 0.25) is 0 Å². The monoisotopic (exact) mass is 533 g/mol. The standard InChI is InChI=1S/C28H31N7O2.ClH/c1-33-19-21(16-31-33)28-17-30-26-6-5-22(13-27(26)32-28)35(9-4-8-34-10-7-20(15-29)18-34)23-11-24(36-2)14-25(12-23)37-3;/h5-6,11-14,16-17,19-20H,4,7-10,18H2,1-3H3;1H/t20-;/m1./s1. The minimum atomic E-state index is 0. The highest BCUT2D eigenvalue weighted by molar-refractivity contribution is 5.85. The van der Waals surface area contributed by atoms with Gasteiger partial charge in [-0.1, -0.05) is 0 Å². The molecule has 0 N–H and O–H groups in total. The summed E-state index contributed by atoms with van der Waals surface area (Å²) in [5.41, 5.74) is 5.35. The molecule has 0 unspecified atom stereocenters. The number of nitriles is 1. The number of aryl methyl sites for hydroxylation is 1. The van der Waals surface area contributed by atoms with E-state index in [1.54, 1.807) is 31.3 Å². The molecule has 9 nitrogen and oxygen atoms in total. The lowest BCUT2D eigenvalue weighted by molar-refractivity contribution is 0.329. The van der Waals surface area contributed by atoms with Crippen LogP contribution in [0.25, 0.3) is 22.3 Å². The molecular formula is C28H32ClN7O2. The summed E-state index contributed by atoms with van der Waals surface area (Å²) in [4.78, 5) is 14.2. The molecule has 5 rings (SSSR count). The van der Waals surface area contributed by atoms with Crippen LogP contribution in [0.1, 0.15) is 12.8 Å². The van der Waals surface area contributed by atoms with Crippen LogP contribution in [-0.4, -0.2) is 65.0 Å². The van der Waals surface area contributed by atoms with Gasteiger partial charge in [0.15, 0.2) is 0 Å². The van der Waals surface area contributed by atoms with Crippen LogP contribution in [-0.2, 0) is 7.05 Å². The Balaban J connectivity index is 0.00000336. The van der Waals surface area contributed by atoms with Crippen molar-refractivity contribution < 1.29 is 9.47 Å². The highest BCUT2D eigenvalue weighted by Gasteiger charge is 2.22. The van der Waals surface area contributed by atoms with Gasteiger partial charge in [-0.05, 0) is 44.1 Å². The molecule has 1 aliphatic heterocycles. The van der Waals surface area contributed by atoms with Crippen molar-refractivity contribution >= 4 is 34.8 Å². The van der Waals surface area contributed by atoms with E-state index in [4.69, 9.17) is 14.5 Å². The Morgan fingerprint density at radius 1 is 1.05 bits per heavy atom. The number of aromatic nitrogens is 4. The molecule has 0 saturated carbocycles. The van der Waals surface area contributed by atoms with E-state index < -0.39 is 0 Å². The Labute approximate surface area is 229 Å². The number of hydrogen-bond acceptors (Lipinski definition) is 8. The van der Waals surface area contributed by atoms with Gasteiger partial charge in [0, 0.05) is 61.5 Å². The second-order valence-corrected chi connectivity index (χ2v) is 9.32. The molecule has 1 fully saturated rings. The van der Waals surface area contributed by atoms with Crippen molar-refractivity contribution in [3.8, 4) is 28.8 Å². The lowest BCUT2D eigenvalue weighted by Crippen LogP contribution is -2.26. The van der Waals surface area contributed by atoms with Crippen LogP contribution in [0.15, 0.2) is 55.0 Å². The van der Waals surface area contributed by atoms with Crippen molar-refractivity contribution in [3.63, 3.8) is 0 Å². The minimum absolute atomic E-state index is 0. The molecule has 2 aromatic carbocycles. The lowest BCUT2D eigenvalue weighted by Gasteiger charge is -2.27. The Morgan fingerprint density at radius 2 is 1.84 bits per heavy atom. The van der Waals surface area contributed by atoms with Crippen molar-refractivity contribution in [2.24, 2.45) is 13.0 Å². The van der Waals surface area contributed by atoms with Crippen molar-refractivity contribution in [2.75, 3.05) is 45.3 Å². The summed E-state index contributed by atoms with van der Waals surface area (Å²) in [5.74, 6) is 1.61. The molecule has 198 valence electrons. The number of nitrogens with zero attached hydrogens (tertiary/aromatic N) is 7. The van der Waals surface area contributed by atoms with E-state index in [0.717, 1.165) is 84.2 Å². The molecule has 0 radical (unpaired) electrons. The highest BCUT2D eigenvalue weighted by Crippen LogP contribution is 2.34. The van der Waals surface area contributed by atoms with E-state index in [-0.39, 0.29) is 18.3 Å². The van der Waals surface area contributed by atoms with E-state index in [2.05, 4.69) is 38.1 Å². The van der Waals surface area contributed by atoms with E-state index in [1.807, 2.05) is 37.5 Å². The Kier molecular flexibility index (Phi) is 8.66. The van der Waals surface area contributed by atoms with Crippen molar-refractivity contribution in [3.05, 3.63) is 55.0 Å². The molecule has 0 aliphatic carbocycles. The number of fused-ring (bicyclic) bond motifs is 1. The average molecular weight is 534 g/mol. The fourth-order valence-corrected chi connectivity index (χ4v) is 4.81. The third kappa shape index (κ3) is 5.98. The molecular weight excluding hydrogens is 502 g/mol. The quantitative estimate of drug-likeness (QED) is 0.302. The number of likely N-dealkylation sites (tertiary alicyclic amines) is 1. The van der Waals surface area contributed by atoms with Gasteiger partial charge in [-0.15, -0.1) is 12.4 Å². The molecule has 4 aromatic rings. The minimum Gasteiger partial charge on any atom is -0.497 e. The van der Waals surface area contributed by atoms with Gasteiger partial charge >= 0.3 is 0 Å². The maximum Gasteiger partial charge on any atom is 0.124 e. The number of halogens is 1. The largest absolute Gasteiger partial charge is 0.497 e. The molecule has 0 spiro atoms. The third-order valence-electron chi connectivity index (χ3n) is 6.80. The average Bonchev–Trinajstić information content (AvgIpc) is 3.59. The number of rotatable bonds is 9. The second-order valence-electron chi connectivity index (χ2n) is 9.32. The third-order valence-corrected chi connectivity index (χ3v) is 6.80. The molecule has 2 aromatic heterocycles. The summed E-state index contributed by atoms with van der Waals surface area (Å²) in [6.45, 7) is 3.56. The van der Waals surface area contributed by atoms with Gasteiger partial charge in [-0.2, -0.15) is 10.4 Å². The fraction of sp³-hybridized carbons (Fsp3) is 0.357. The summed E-state index contributed by atoms with van der Waals surface area (Å²) in [6.07, 6.45) is 7.41. The first-order valence-electron chi connectivity index (χ1n) is 12.4. The van der Waals surface area contributed by atoms with Crippen LogP contribution >= 0.6 is 12.4 Å². The predicted octanol–water partition coefficient (Wildman–Crippen LogP) is 4.84. The number of ether oxygens (including phenoxy) is 2. The van der Waals surface area contributed by atoms with E-state index in [0.29, 0.717) is 0 Å². The summed E-state index contributed by atoms with van der Waals surface area (Å²) in [5, 5.41) is 13.5. The summed E-state index contributed by atoms with van der Waals surface area (Å²) < 4.78 is 12.9. The highest BCUT2D eigenvalue weighted by atomic mass is 35.5. The topological polar surface area (TPSA) is 92.3 Å². The van der Waals surface area contributed by atoms with Gasteiger partial charge in [0.05, 0.1) is 55.3 Å². The first-order valence-corrected chi connectivity index (χ1v) is 12.4. The van der Waals surface area contributed by atoms with Crippen LogP contribution in [0.4, 0.5) is 11.4 Å². The number of hydrogen-bond donors (Lipinski definition) is 0. The Bertz CT molecular complexity index is 1410. The molecule has 1 saturated heterocycles. The number of methoxy groups -OCH3 is 2. The zero-order valence-corrected chi connectivity index (χ0v) is 22.7. The number of benzene rings is 2. The van der Waals surface area contributed by atoms with Crippen LogP contribution in [0.5, 0.6) is 11.5 Å². The summed E-state index contributed by atoms with van der Waals surface area (Å²) in [6, 6.07) is 14.5. The predicted molar refractivity (Wildman–Crippen MR) is 150 cm³/mol. The first kappa shape index (κ1) is 27.2. The molecule has 0 amide bonds. The van der Waals surface area contributed by atoms with Crippen molar-refractivity contribution in [1.29, 1.82) is 5.26 Å². The van der Waals surface area contributed by atoms with Crippen molar-refractivity contribution in [2.45, 2.75) is 12.8 Å². The van der Waals surface area contributed by atoms with Gasteiger partial charge < -0.3 is 19.3 Å². The Hall–Kier alpha value is -3.87. The summed E-state index contributed by atoms with van der Waals surface area (Å²) >= 11 is 0. The van der Waals surface area contributed by atoms with Crippen LogP contribution in [0.3, 0.4) is 0 Å². The molecule has 38 heavy (non-hydrogen) atoms. The first-order chi connectivity index (χ1) is 18.1. The van der Waals surface area contributed by atoms with Gasteiger partial charge in [0.25, 0.3) is 0 Å². The second kappa shape index (κ2) is 12.1. The van der Waals surface area contributed by atoms with Crippen LogP contribution < -0.4 is 14.4 Å². The lowest BCUT2D eigenvalue weighted by atomic mass is 10.1. The maximum atomic E-state index is 9.25. The van der Waals surface area contributed by atoms with E-state index in [9.17, 15) is 5.26 Å². The van der Waals surface area contributed by atoms with Gasteiger partial charge in [-0.3, -0.25) is 9.67 Å². The van der Waals surface area contributed by atoms with Crippen LogP contribution in [0.2, 0.25) is 0 Å². The van der Waals surface area contributed by atoms with Gasteiger partial charge in [-0.25, -0.2) is 4.98 Å². The molecule has 1 atom stereocenters. The normalized spacial score (nSPS) is 15.2. The van der Waals surface area contributed by atoms with Gasteiger partial charge in [0.1, 0.15) is 11.5 Å². The molecule has 10 heteroatoms. The Morgan fingerprint density at radius 3 is 2.50 bits per heavy atom. The SMILES string of the molecule is COc1cc(OC)cc(N(CCCN2CC[C@H](C#N)C2)c2ccc3ncc(-c4cnn(C)c4)nc3c2)c1.Cl. The fourth-order valence-electron chi connectivity index (χ4n) is 4.81. The van der Waals surface area contributed by atoms with E-state index >= 15 is 0 Å².